The third-order valence-corrected chi connectivity index (χ3v) is 2.03. The summed E-state index contributed by atoms with van der Waals surface area (Å²) < 4.78 is 0. The zero-order valence-electron chi connectivity index (χ0n) is 10.3. The summed E-state index contributed by atoms with van der Waals surface area (Å²) >= 11 is 0. The van der Waals surface area contributed by atoms with Gasteiger partial charge in [0.2, 0.25) is 0 Å². The number of aliphatic carboxylic acids is 1. The molecule has 0 fully saturated rings. The van der Waals surface area contributed by atoms with E-state index in [1.54, 1.807) is 18.2 Å². The molecule has 0 aliphatic rings. The molecular weight excluding hydrogens is 234 g/mol. The molecule has 0 bridgehead atoms. The first-order valence-corrected chi connectivity index (χ1v) is 5.37. The van der Waals surface area contributed by atoms with Gasteiger partial charge < -0.3 is 10.1 Å². The van der Waals surface area contributed by atoms with E-state index in [9.17, 15) is 9.59 Å². The Morgan fingerprint density at radius 3 is 2.28 bits per heavy atom. The van der Waals surface area contributed by atoms with Gasteiger partial charge in [-0.1, -0.05) is 32.0 Å². The van der Waals surface area contributed by atoms with E-state index in [2.05, 4.69) is 16.7 Å². The lowest BCUT2D eigenvalue weighted by Crippen LogP contribution is -2.11. The Balaban J connectivity index is 0.000000659. The standard InChI is InChI=1S/C10H7NO3.C2H6.H4N2/c12-9(10(13)14)7-5-11-8-4-2-1-3-6(7)8;2*1-2/h1-5,11H,(H,13,14);1-2H3;1-2H2. The average Bonchev–Trinajstić information content (AvgIpc) is 2.86. The van der Waals surface area contributed by atoms with Crippen molar-refractivity contribution in [2.45, 2.75) is 13.8 Å². The smallest absolute Gasteiger partial charge is 0.377 e. The molecule has 0 spiro atoms. The molecule has 1 aromatic heterocycles. The summed E-state index contributed by atoms with van der Waals surface area (Å²) in [5, 5.41) is 9.19. The van der Waals surface area contributed by atoms with E-state index in [0.29, 0.717) is 5.39 Å². The third kappa shape index (κ3) is 3.41. The van der Waals surface area contributed by atoms with Crippen LogP contribution in [0.2, 0.25) is 0 Å². The molecule has 2 rings (SSSR count). The normalized spacial score (nSPS) is 8.67. The molecule has 0 amide bonds. The Morgan fingerprint density at radius 1 is 1.17 bits per heavy atom. The second-order valence-electron chi connectivity index (χ2n) is 2.88. The van der Waals surface area contributed by atoms with E-state index < -0.39 is 11.8 Å². The number of hydrogen-bond donors (Lipinski definition) is 4. The molecule has 0 aliphatic heterocycles. The van der Waals surface area contributed by atoms with E-state index >= 15 is 0 Å². The van der Waals surface area contributed by atoms with Crippen LogP contribution in [-0.4, -0.2) is 21.8 Å². The van der Waals surface area contributed by atoms with Gasteiger partial charge in [0.15, 0.2) is 0 Å². The molecule has 18 heavy (non-hydrogen) atoms. The van der Waals surface area contributed by atoms with Crippen LogP contribution in [0.5, 0.6) is 0 Å². The van der Waals surface area contributed by atoms with Crippen LogP contribution in [0.4, 0.5) is 0 Å². The van der Waals surface area contributed by atoms with Crippen molar-refractivity contribution in [2.75, 3.05) is 0 Å². The summed E-state index contributed by atoms with van der Waals surface area (Å²) in [6, 6.07) is 7.07. The van der Waals surface area contributed by atoms with Gasteiger partial charge in [-0.15, -0.1) is 0 Å². The van der Waals surface area contributed by atoms with Crippen molar-refractivity contribution in [3.63, 3.8) is 0 Å². The molecule has 1 heterocycles. The zero-order chi connectivity index (χ0) is 14.1. The van der Waals surface area contributed by atoms with E-state index in [4.69, 9.17) is 5.11 Å². The van der Waals surface area contributed by atoms with Crippen LogP contribution in [0.1, 0.15) is 24.2 Å². The van der Waals surface area contributed by atoms with Crippen LogP contribution >= 0.6 is 0 Å². The molecule has 6 N–H and O–H groups in total. The number of hydrazine groups is 1. The number of fused-ring (bicyclic) bond motifs is 1. The van der Waals surface area contributed by atoms with Gasteiger partial charge in [-0.05, 0) is 6.07 Å². The van der Waals surface area contributed by atoms with E-state index in [0.717, 1.165) is 5.52 Å². The monoisotopic (exact) mass is 251 g/mol. The molecule has 2 aromatic rings. The van der Waals surface area contributed by atoms with Crippen molar-refractivity contribution >= 4 is 22.7 Å². The highest BCUT2D eigenvalue weighted by molar-refractivity contribution is 6.42. The van der Waals surface area contributed by atoms with Crippen molar-refractivity contribution in [2.24, 2.45) is 11.7 Å². The molecule has 0 aliphatic carbocycles. The molecule has 0 unspecified atom stereocenters. The number of benzene rings is 1. The number of para-hydroxylation sites is 1. The Labute approximate surface area is 105 Å². The number of Topliss-reactive ketones (excluding diaryl/α,β-unsaturated/α-hetero) is 1. The lowest BCUT2D eigenvalue weighted by Gasteiger charge is -1.92. The zero-order valence-corrected chi connectivity index (χ0v) is 10.3. The van der Waals surface area contributed by atoms with Gasteiger partial charge in [0, 0.05) is 17.1 Å². The number of carbonyl (C=O) groups excluding carboxylic acids is 1. The number of nitrogens with two attached hydrogens (primary N) is 2. The van der Waals surface area contributed by atoms with Crippen LogP contribution in [0.3, 0.4) is 0 Å². The fourth-order valence-corrected chi connectivity index (χ4v) is 1.37. The summed E-state index contributed by atoms with van der Waals surface area (Å²) in [6.45, 7) is 4.00. The predicted molar refractivity (Wildman–Crippen MR) is 70.0 cm³/mol. The predicted octanol–water partition coefficient (Wildman–Crippen LogP) is 1.28. The SMILES string of the molecule is CC.NN.O=C(O)C(=O)c1c[nH]c2ccccc12. The minimum atomic E-state index is -1.44. The first kappa shape index (κ1) is 15.8. The van der Waals surface area contributed by atoms with Gasteiger partial charge in [0.05, 0.1) is 5.56 Å². The van der Waals surface area contributed by atoms with Crippen LogP contribution in [0.15, 0.2) is 30.5 Å². The number of rotatable bonds is 2. The summed E-state index contributed by atoms with van der Waals surface area (Å²) in [7, 11) is 0. The minimum Gasteiger partial charge on any atom is -0.475 e. The Bertz CT molecular complexity index is 520. The number of ketones is 1. The number of H-pyrrole nitrogens is 1. The number of aromatic amines is 1. The first-order valence-electron chi connectivity index (χ1n) is 5.37. The van der Waals surface area contributed by atoms with Crippen LogP contribution < -0.4 is 11.7 Å². The second-order valence-corrected chi connectivity index (χ2v) is 2.88. The maximum absolute atomic E-state index is 11.2. The van der Waals surface area contributed by atoms with Crippen molar-refractivity contribution in [1.82, 2.24) is 4.98 Å². The van der Waals surface area contributed by atoms with E-state index in [-0.39, 0.29) is 5.56 Å². The summed E-state index contributed by atoms with van der Waals surface area (Å²) in [5.74, 6) is 5.68. The fraction of sp³-hybridized carbons (Fsp3) is 0.167. The number of nitrogens with one attached hydrogen (secondary N) is 1. The third-order valence-electron chi connectivity index (χ3n) is 2.03. The molecule has 0 saturated heterocycles. The first-order chi connectivity index (χ1) is 8.70. The highest BCUT2D eigenvalue weighted by atomic mass is 16.4. The van der Waals surface area contributed by atoms with Gasteiger partial charge >= 0.3 is 5.97 Å². The number of carbonyl (C=O) groups is 2. The lowest BCUT2D eigenvalue weighted by molar-refractivity contribution is -0.131. The second kappa shape index (κ2) is 7.99. The number of hydrogen-bond acceptors (Lipinski definition) is 4. The van der Waals surface area contributed by atoms with E-state index in [1.165, 1.54) is 6.20 Å². The Hall–Kier alpha value is -2.18. The molecule has 98 valence electrons. The van der Waals surface area contributed by atoms with Crippen LogP contribution in [0, 0.1) is 0 Å². The summed E-state index contributed by atoms with van der Waals surface area (Å²) in [4.78, 5) is 24.5. The van der Waals surface area contributed by atoms with Gasteiger partial charge in [-0.2, -0.15) is 0 Å². The molecule has 0 saturated carbocycles. The quantitative estimate of drug-likeness (QED) is 0.277. The maximum Gasteiger partial charge on any atom is 0.377 e. The summed E-state index contributed by atoms with van der Waals surface area (Å²) in [6.07, 6.45) is 1.42. The molecular formula is C12H17N3O3. The maximum atomic E-state index is 11.2. The van der Waals surface area contributed by atoms with Crippen molar-refractivity contribution < 1.29 is 14.7 Å². The van der Waals surface area contributed by atoms with Gasteiger partial charge in [0.1, 0.15) is 0 Å². The lowest BCUT2D eigenvalue weighted by atomic mass is 10.1. The number of aromatic nitrogens is 1. The van der Waals surface area contributed by atoms with E-state index in [1.807, 2.05) is 19.9 Å². The minimum absolute atomic E-state index is 0.202. The molecule has 6 nitrogen and oxygen atoms in total. The number of carboxylic acid groups (broad SMARTS) is 1. The number of carboxylic acids is 1. The molecule has 0 radical (unpaired) electrons. The highest BCUT2D eigenvalue weighted by Crippen LogP contribution is 2.17. The highest BCUT2D eigenvalue weighted by Gasteiger charge is 2.17. The van der Waals surface area contributed by atoms with Gasteiger partial charge in [0.25, 0.3) is 5.78 Å². The topological polar surface area (TPSA) is 122 Å². The Morgan fingerprint density at radius 2 is 1.72 bits per heavy atom. The molecule has 6 heteroatoms. The van der Waals surface area contributed by atoms with Crippen LogP contribution in [-0.2, 0) is 4.79 Å². The molecule has 1 aromatic carbocycles. The van der Waals surface area contributed by atoms with Crippen LogP contribution in [0.25, 0.3) is 10.9 Å². The Kier molecular flexibility index (Phi) is 7.02. The van der Waals surface area contributed by atoms with Gasteiger partial charge in [-0.3, -0.25) is 16.5 Å². The average molecular weight is 251 g/mol. The van der Waals surface area contributed by atoms with Crippen molar-refractivity contribution in [1.29, 1.82) is 0 Å². The van der Waals surface area contributed by atoms with Crippen molar-refractivity contribution in [3.8, 4) is 0 Å². The molecule has 0 atom stereocenters. The van der Waals surface area contributed by atoms with Gasteiger partial charge in [-0.25, -0.2) is 4.79 Å². The summed E-state index contributed by atoms with van der Waals surface area (Å²) in [5.41, 5.74) is 0.963. The fourth-order valence-electron chi connectivity index (χ4n) is 1.37. The van der Waals surface area contributed by atoms with Crippen molar-refractivity contribution in [3.05, 3.63) is 36.0 Å². The largest absolute Gasteiger partial charge is 0.475 e.